The molecule has 26 heavy (non-hydrogen) atoms. The normalized spacial score (nSPS) is 15.9. The third-order valence-corrected chi connectivity index (χ3v) is 5.99. The first kappa shape index (κ1) is 19.4. The van der Waals surface area contributed by atoms with Crippen molar-refractivity contribution < 1.29 is 14.2 Å². The van der Waals surface area contributed by atoms with Crippen LogP contribution in [0.5, 0.6) is 0 Å². The molecule has 2 aromatic rings. The zero-order valence-corrected chi connectivity index (χ0v) is 16.7. The predicted molar refractivity (Wildman–Crippen MR) is 103 cm³/mol. The van der Waals surface area contributed by atoms with E-state index in [4.69, 9.17) is 9.77 Å². The average molecular weight is 463 g/mol. The van der Waals surface area contributed by atoms with Gasteiger partial charge in [0.15, 0.2) is 10.7 Å². The molecule has 4 N–H and O–H groups in total. The summed E-state index contributed by atoms with van der Waals surface area (Å²) in [5, 5.41) is 29.1. The van der Waals surface area contributed by atoms with Gasteiger partial charge in [-0.05, 0) is 56.8 Å². The van der Waals surface area contributed by atoms with Gasteiger partial charge in [-0.25, -0.2) is 13.3 Å². The summed E-state index contributed by atoms with van der Waals surface area (Å²) in [6.07, 6.45) is 1.01. The summed E-state index contributed by atoms with van der Waals surface area (Å²) in [5.41, 5.74) is 0.824. The number of aromatic nitrogens is 2. The Morgan fingerprint density at radius 3 is 3.00 bits per heavy atom. The van der Waals surface area contributed by atoms with Gasteiger partial charge in [-0.2, -0.15) is 0 Å². The standard InChI is InChI=1S/C14H16BrFN6O2S2/c15-10-5-9(1-2-11(10)16)18-13(19-23)12-14(21-24-20-12)25-4-3-8-6-22(7-8)26-17/h1-2,5,8,23H,3-4,6-7,17H2,(H,18,19). The molecule has 0 aliphatic carbocycles. The molecular formula is C14H16BrFN6O2S2. The van der Waals surface area contributed by atoms with E-state index in [1.165, 1.54) is 42.1 Å². The molecule has 2 heterocycles. The Balaban J connectivity index is 1.59. The van der Waals surface area contributed by atoms with Gasteiger partial charge >= 0.3 is 0 Å². The van der Waals surface area contributed by atoms with Gasteiger partial charge in [0.25, 0.3) is 0 Å². The summed E-state index contributed by atoms with van der Waals surface area (Å²) in [6.45, 7) is 1.96. The van der Waals surface area contributed by atoms with Crippen molar-refractivity contribution in [3.63, 3.8) is 0 Å². The van der Waals surface area contributed by atoms with Crippen LogP contribution in [-0.2, 0) is 0 Å². The van der Waals surface area contributed by atoms with Gasteiger partial charge in [0.1, 0.15) is 5.82 Å². The maximum atomic E-state index is 13.3. The van der Waals surface area contributed by atoms with E-state index in [9.17, 15) is 9.60 Å². The van der Waals surface area contributed by atoms with Crippen LogP contribution in [0.1, 0.15) is 12.1 Å². The van der Waals surface area contributed by atoms with Crippen LogP contribution in [0.4, 0.5) is 10.1 Å². The van der Waals surface area contributed by atoms with Crippen molar-refractivity contribution >= 4 is 51.3 Å². The van der Waals surface area contributed by atoms with E-state index in [1.807, 2.05) is 0 Å². The van der Waals surface area contributed by atoms with Gasteiger partial charge in [0, 0.05) is 36.7 Å². The fourth-order valence-electron chi connectivity index (χ4n) is 2.38. The molecule has 0 spiro atoms. The van der Waals surface area contributed by atoms with Crippen LogP contribution in [0.3, 0.4) is 0 Å². The molecule has 0 bridgehead atoms. The van der Waals surface area contributed by atoms with Crippen LogP contribution in [-0.4, -0.2) is 44.5 Å². The number of rotatable bonds is 7. The number of nitrogens with zero attached hydrogens (tertiary/aromatic N) is 4. The summed E-state index contributed by atoms with van der Waals surface area (Å²) in [5.74, 6) is 1.12. The fraction of sp³-hybridized carbons (Fsp3) is 0.357. The second-order valence-corrected chi connectivity index (χ2v) is 8.24. The van der Waals surface area contributed by atoms with Crippen LogP contribution in [0, 0.1) is 11.7 Å². The lowest BCUT2D eigenvalue weighted by molar-refractivity contribution is 0.215. The SMILES string of the molecule is NSN1CC(CCSc2nonc2/C(=N/O)Nc2ccc(F)c(Br)c2)C1. The highest BCUT2D eigenvalue weighted by Crippen LogP contribution is 2.28. The molecule has 8 nitrogen and oxygen atoms in total. The molecule has 1 fully saturated rings. The van der Waals surface area contributed by atoms with Crippen molar-refractivity contribution in [2.45, 2.75) is 11.4 Å². The molecule has 140 valence electrons. The summed E-state index contributed by atoms with van der Waals surface area (Å²) < 4.78 is 20.5. The lowest BCUT2D eigenvalue weighted by Gasteiger charge is -2.36. The van der Waals surface area contributed by atoms with Gasteiger partial charge in [-0.15, -0.1) is 11.8 Å². The van der Waals surface area contributed by atoms with Crippen LogP contribution in [0.15, 0.2) is 37.5 Å². The number of halogens is 2. The molecule has 12 heteroatoms. The van der Waals surface area contributed by atoms with Crippen molar-refractivity contribution in [3.05, 3.63) is 34.2 Å². The average Bonchev–Trinajstić information content (AvgIpc) is 3.06. The van der Waals surface area contributed by atoms with E-state index in [2.05, 4.69) is 41.0 Å². The topological polar surface area (TPSA) is 113 Å². The molecule has 1 saturated heterocycles. The van der Waals surface area contributed by atoms with E-state index < -0.39 is 0 Å². The Hall–Kier alpha value is -1.34. The van der Waals surface area contributed by atoms with Crippen LogP contribution < -0.4 is 10.5 Å². The van der Waals surface area contributed by atoms with Crippen LogP contribution in [0.25, 0.3) is 0 Å². The van der Waals surface area contributed by atoms with Crippen molar-refractivity contribution in [3.8, 4) is 0 Å². The first-order valence-electron chi connectivity index (χ1n) is 7.62. The second kappa shape index (κ2) is 9.04. The highest BCUT2D eigenvalue weighted by atomic mass is 79.9. The lowest BCUT2D eigenvalue weighted by Crippen LogP contribution is -2.42. The van der Waals surface area contributed by atoms with Gasteiger partial charge in [0.2, 0.25) is 5.84 Å². The largest absolute Gasteiger partial charge is 0.409 e. The van der Waals surface area contributed by atoms with Crippen molar-refractivity contribution in [2.24, 2.45) is 16.2 Å². The minimum Gasteiger partial charge on any atom is -0.409 e. The third-order valence-electron chi connectivity index (χ3n) is 3.80. The van der Waals surface area contributed by atoms with E-state index >= 15 is 0 Å². The number of hydrogen-bond acceptors (Lipinski definition) is 9. The number of benzene rings is 1. The number of hydrogen-bond donors (Lipinski definition) is 3. The molecule has 0 atom stereocenters. The smallest absolute Gasteiger partial charge is 0.202 e. The van der Waals surface area contributed by atoms with E-state index in [0.29, 0.717) is 22.3 Å². The second-order valence-electron chi connectivity index (χ2n) is 5.58. The molecule has 1 aromatic heterocycles. The van der Waals surface area contributed by atoms with Crippen LogP contribution in [0.2, 0.25) is 0 Å². The van der Waals surface area contributed by atoms with E-state index in [0.717, 1.165) is 25.3 Å². The minimum atomic E-state index is -0.389. The molecule has 3 rings (SSSR count). The van der Waals surface area contributed by atoms with Crippen molar-refractivity contribution in [2.75, 3.05) is 24.2 Å². The monoisotopic (exact) mass is 462 g/mol. The summed E-state index contributed by atoms with van der Waals surface area (Å²) in [4.78, 5) is 0. The Bertz CT molecular complexity index is 787. The molecule has 1 aromatic carbocycles. The molecule has 1 aliphatic heterocycles. The van der Waals surface area contributed by atoms with Gasteiger partial charge < -0.3 is 10.5 Å². The Kier molecular flexibility index (Phi) is 6.75. The molecule has 0 unspecified atom stereocenters. The number of anilines is 1. The fourth-order valence-corrected chi connectivity index (χ4v) is 4.35. The number of thioether (sulfide) groups is 1. The molecule has 1 aliphatic rings. The first-order chi connectivity index (χ1) is 12.6. The van der Waals surface area contributed by atoms with Gasteiger partial charge in [0.05, 0.1) is 4.47 Å². The zero-order valence-electron chi connectivity index (χ0n) is 13.4. The maximum absolute atomic E-state index is 13.3. The lowest BCUT2D eigenvalue weighted by atomic mass is 10.0. The number of amidine groups is 1. The summed E-state index contributed by atoms with van der Waals surface area (Å²) >= 11 is 5.85. The Morgan fingerprint density at radius 2 is 2.31 bits per heavy atom. The highest BCUT2D eigenvalue weighted by Gasteiger charge is 2.26. The van der Waals surface area contributed by atoms with Crippen molar-refractivity contribution in [1.82, 2.24) is 14.6 Å². The molecule has 0 amide bonds. The predicted octanol–water partition coefficient (Wildman–Crippen LogP) is 3.16. The summed E-state index contributed by atoms with van der Waals surface area (Å²) in [7, 11) is 0. The molecule has 0 saturated carbocycles. The summed E-state index contributed by atoms with van der Waals surface area (Å²) in [6, 6.07) is 4.34. The van der Waals surface area contributed by atoms with Gasteiger partial charge in [-0.1, -0.05) is 5.16 Å². The zero-order chi connectivity index (χ0) is 18.5. The number of oxime groups is 1. The highest BCUT2D eigenvalue weighted by molar-refractivity contribution is 9.10. The van der Waals surface area contributed by atoms with E-state index in [1.54, 1.807) is 0 Å². The van der Waals surface area contributed by atoms with Gasteiger partial charge in [-0.3, -0.25) is 5.14 Å². The Labute approximate surface area is 166 Å². The molecule has 0 radical (unpaired) electrons. The quantitative estimate of drug-likeness (QED) is 0.142. The maximum Gasteiger partial charge on any atom is 0.202 e. The first-order valence-corrected chi connectivity index (χ1v) is 10.2. The Morgan fingerprint density at radius 1 is 1.50 bits per heavy atom. The molecular weight excluding hydrogens is 447 g/mol. The van der Waals surface area contributed by atoms with E-state index in [-0.39, 0.29) is 16.1 Å². The van der Waals surface area contributed by atoms with Crippen LogP contribution >= 0.6 is 39.8 Å². The van der Waals surface area contributed by atoms with Crippen molar-refractivity contribution in [1.29, 1.82) is 0 Å². The minimum absolute atomic E-state index is 0.0709. The third kappa shape index (κ3) is 4.68. The number of nitrogens with two attached hydrogens (primary N) is 1. The number of nitrogens with one attached hydrogen (secondary N) is 1.